The van der Waals surface area contributed by atoms with Gasteiger partial charge in [-0.1, -0.05) is 49.2 Å². The summed E-state index contributed by atoms with van der Waals surface area (Å²) < 4.78 is 15.3. The monoisotopic (exact) mass is 795 g/mol. The Kier molecular flexibility index (Phi) is 10.9. The van der Waals surface area contributed by atoms with Crippen LogP contribution >= 0.6 is 0 Å². The van der Waals surface area contributed by atoms with Crippen LogP contribution in [0.2, 0.25) is 0 Å². The van der Waals surface area contributed by atoms with Gasteiger partial charge in [-0.25, -0.2) is 4.39 Å². The van der Waals surface area contributed by atoms with Gasteiger partial charge in [0.05, 0.1) is 6.54 Å². The second-order valence-electron chi connectivity index (χ2n) is 16.2. The zero-order valence-electron chi connectivity index (χ0n) is 32.2. The fourth-order valence-corrected chi connectivity index (χ4v) is 9.39. The summed E-state index contributed by atoms with van der Waals surface area (Å²) in [4.78, 5) is 95.5. The summed E-state index contributed by atoms with van der Waals surface area (Å²) in [5.74, 6) is -3.62. The molecule has 1 spiro atoms. The van der Waals surface area contributed by atoms with E-state index < -0.39 is 77.4 Å². The molecule has 8 N–H and O–H groups in total. The van der Waals surface area contributed by atoms with Crippen LogP contribution in [-0.2, 0) is 41.6 Å². The first-order valence-corrected chi connectivity index (χ1v) is 20.3. The Morgan fingerprint density at radius 3 is 1.93 bits per heavy atom. The maximum absolute atomic E-state index is 15.3. The summed E-state index contributed by atoms with van der Waals surface area (Å²) in [6.45, 7) is -0.104. The third-order valence-electron chi connectivity index (χ3n) is 12.4. The quantitative estimate of drug-likeness (QED) is 0.153. The van der Waals surface area contributed by atoms with Crippen LogP contribution in [0.15, 0.2) is 60.9 Å². The van der Waals surface area contributed by atoms with Crippen LogP contribution in [0.3, 0.4) is 0 Å². The highest BCUT2D eigenvalue weighted by molar-refractivity contribution is 6.00. The number of carbonyl (C=O) groups is 6. The summed E-state index contributed by atoms with van der Waals surface area (Å²) in [5, 5.41) is 13.3. The number of para-hydroxylation sites is 2. The molecule has 6 atom stereocenters. The number of nitrogens with two attached hydrogens (primary N) is 1. The van der Waals surface area contributed by atoms with E-state index in [2.05, 4.69) is 31.2 Å². The van der Waals surface area contributed by atoms with Crippen molar-refractivity contribution < 1.29 is 33.2 Å². The smallest absolute Gasteiger partial charge is 0.246 e. The Morgan fingerprint density at radius 2 is 1.29 bits per heavy atom. The molecule has 0 unspecified atom stereocenters. The van der Waals surface area contributed by atoms with Crippen molar-refractivity contribution in [3.05, 3.63) is 72.1 Å². The SMILES string of the molecule is NCC[C@@H]1NC(=O)[C@H](Cc2c[nH]c3ccccc23)NC(=O)C2(CCCC2)NC(=O)[C@H](Cc2c[nH]c3ccccc23)NC(=O)[C@H]2C[C@@H](F)CN2C(=O)[C@H]2CCCN2C1=O. The summed E-state index contributed by atoms with van der Waals surface area (Å²) in [5.41, 5.74) is 7.68. The van der Waals surface area contributed by atoms with Crippen molar-refractivity contribution in [2.24, 2.45) is 5.73 Å². The number of amides is 6. The predicted octanol–water partition coefficient (Wildman–Crippen LogP) is 1.61. The molecule has 2 aromatic carbocycles. The van der Waals surface area contributed by atoms with Gasteiger partial charge in [-0.15, -0.1) is 0 Å². The van der Waals surface area contributed by atoms with E-state index in [0.29, 0.717) is 19.3 Å². The molecular formula is C42H50FN9O6. The Morgan fingerprint density at radius 1 is 0.690 bits per heavy atom. The fraction of sp³-hybridized carbons (Fsp3) is 0.476. The van der Waals surface area contributed by atoms with Gasteiger partial charge in [-0.05, 0) is 61.9 Å². The van der Waals surface area contributed by atoms with E-state index >= 15 is 4.39 Å². The summed E-state index contributed by atoms with van der Waals surface area (Å²) >= 11 is 0. The third-order valence-corrected chi connectivity index (χ3v) is 12.4. The predicted molar refractivity (Wildman–Crippen MR) is 213 cm³/mol. The lowest BCUT2D eigenvalue weighted by Crippen LogP contribution is -2.65. The number of benzene rings is 2. The van der Waals surface area contributed by atoms with Gasteiger partial charge in [-0.3, -0.25) is 28.8 Å². The molecule has 16 heteroatoms. The highest BCUT2D eigenvalue weighted by Gasteiger charge is 2.49. The number of fused-ring (bicyclic) bond motifs is 4. The van der Waals surface area contributed by atoms with Gasteiger partial charge in [0.25, 0.3) is 0 Å². The van der Waals surface area contributed by atoms with Gasteiger partial charge in [0.1, 0.15) is 41.9 Å². The lowest BCUT2D eigenvalue weighted by Gasteiger charge is -2.35. The second kappa shape index (κ2) is 16.2. The number of aromatic amines is 2. The van der Waals surface area contributed by atoms with Gasteiger partial charge in [0, 0.05) is 60.0 Å². The average molecular weight is 796 g/mol. The third kappa shape index (κ3) is 7.52. The molecule has 15 nitrogen and oxygen atoms in total. The van der Waals surface area contributed by atoms with E-state index in [1.54, 1.807) is 12.4 Å². The average Bonchev–Trinajstić information content (AvgIpc) is 4.08. The number of nitrogens with zero attached hydrogens (tertiary/aromatic N) is 2. The second-order valence-corrected chi connectivity index (χ2v) is 16.2. The van der Waals surface area contributed by atoms with E-state index in [9.17, 15) is 28.8 Å². The molecule has 4 aromatic rings. The molecule has 6 amide bonds. The summed E-state index contributed by atoms with van der Waals surface area (Å²) in [7, 11) is 0. The number of alkyl halides is 1. The van der Waals surface area contributed by atoms with Crippen molar-refractivity contribution in [1.82, 2.24) is 41.0 Å². The molecule has 1 aliphatic carbocycles. The van der Waals surface area contributed by atoms with E-state index in [0.717, 1.165) is 32.9 Å². The number of rotatable bonds is 6. The first kappa shape index (κ1) is 39.1. The zero-order valence-corrected chi connectivity index (χ0v) is 32.2. The van der Waals surface area contributed by atoms with Gasteiger partial charge in [-0.2, -0.15) is 0 Å². The Balaban J connectivity index is 1.18. The van der Waals surface area contributed by atoms with Crippen LogP contribution < -0.4 is 27.0 Å². The van der Waals surface area contributed by atoms with Crippen LogP contribution in [0.5, 0.6) is 0 Å². The first-order chi connectivity index (χ1) is 28.0. The van der Waals surface area contributed by atoms with Crippen LogP contribution in [-0.4, -0.2) is 117 Å². The van der Waals surface area contributed by atoms with E-state index in [-0.39, 0.29) is 64.6 Å². The van der Waals surface area contributed by atoms with Gasteiger partial charge in [0.15, 0.2) is 0 Å². The Hall–Kier alpha value is -5.77. The maximum atomic E-state index is 15.3. The molecule has 4 aliphatic rings. The summed E-state index contributed by atoms with van der Waals surface area (Å²) in [6, 6.07) is 9.30. The van der Waals surface area contributed by atoms with Crippen molar-refractivity contribution in [2.45, 2.75) is 106 Å². The number of hydrogen-bond acceptors (Lipinski definition) is 7. The minimum absolute atomic E-state index is 0.0258. The maximum Gasteiger partial charge on any atom is 0.246 e. The van der Waals surface area contributed by atoms with Crippen molar-refractivity contribution in [1.29, 1.82) is 0 Å². The molecule has 3 aliphatic heterocycles. The molecule has 0 bridgehead atoms. The van der Waals surface area contributed by atoms with Crippen molar-refractivity contribution in [3.63, 3.8) is 0 Å². The molecule has 4 fully saturated rings. The molecule has 0 radical (unpaired) electrons. The molecule has 8 rings (SSSR count). The number of hydrogen-bond donors (Lipinski definition) is 7. The summed E-state index contributed by atoms with van der Waals surface area (Å²) in [6.07, 6.45) is 4.42. The lowest BCUT2D eigenvalue weighted by atomic mass is 9.93. The molecule has 1 saturated carbocycles. The topological polar surface area (TPSA) is 215 Å². The molecule has 58 heavy (non-hydrogen) atoms. The van der Waals surface area contributed by atoms with Gasteiger partial charge in [0.2, 0.25) is 35.4 Å². The van der Waals surface area contributed by atoms with E-state index in [4.69, 9.17) is 5.73 Å². The molecule has 306 valence electrons. The lowest BCUT2D eigenvalue weighted by molar-refractivity contribution is -0.148. The first-order valence-electron chi connectivity index (χ1n) is 20.3. The molecule has 5 heterocycles. The molecule has 2 aromatic heterocycles. The minimum atomic E-state index is -1.51. The van der Waals surface area contributed by atoms with Crippen LogP contribution in [0.25, 0.3) is 21.8 Å². The highest BCUT2D eigenvalue weighted by atomic mass is 19.1. The zero-order chi connectivity index (χ0) is 40.6. The van der Waals surface area contributed by atoms with Crippen LogP contribution in [0.1, 0.15) is 62.5 Å². The molecular weight excluding hydrogens is 746 g/mol. The minimum Gasteiger partial charge on any atom is -0.361 e. The van der Waals surface area contributed by atoms with Crippen molar-refractivity contribution in [3.8, 4) is 0 Å². The molecule has 3 saturated heterocycles. The fourth-order valence-electron chi connectivity index (χ4n) is 9.39. The standard InChI is InChI=1S/C42H50FN9O6/c43-26-20-35-38(55)48-33(19-25-22-46-30-11-4-2-9-28(25)30)37(54)50-42(14-5-6-15-42)41(58)49-32(18-24-21-45-29-10-3-1-8-27(24)29)36(53)47-31(13-16-44)39(56)51-17-7-12-34(51)40(57)52(35)23-26/h1-4,8-11,21-22,26,31-35,45-46H,5-7,12-20,23,44H2,(H,47,53)(H,48,55)(H,49,58)(H,50,54)/t26-,31+,32+,33+,34-,35-/m1/s1. The Bertz CT molecular complexity index is 2230. The van der Waals surface area contributed by atoms with Crippen molar-refractivity contribution in [2.75, 3.05) is 19.6 Å². The van der Waals surface area contributed by atoms with E-state index in [1.807, 2.05) is 48.5 Å². The Labute approximate surface area is 334 Å². The van der Waals surface area contributed by atoms with Crippen LogP contribution in [0.4, 0.5) is 4.39 Å². The van der Waals surface area contributed by atoms with Gasteiger partial charge < -0.3 is 46.8 Å². The van der Waals surface area contributed by atoms with Gasteiger partial charge >= 0.3 is 0 Å². The van der Waals surface area contributed by atoms with Crippen molar-refractivity contribution >= 4 is 57.2 Å². The normalized spacial score (nSPS) is 27.3. The van der Waals surface area contributed by atoms with Crippen LogP contribution in [0, 0.1) is 0 Å². The number of nitrogens with one attached hydrogen (secondary N) is 6. The van der Waals surface area contributed by atoms with E-state index in [1.165, 1.54) is 9.80 Å². The number of H-pyrrole nitrogens is 2. The largest absolute Gasteiger partial charge is 0.361 e. The highest BCUT2D eigenvalue weighted by Crippen LogP contribution is 2.32. The number of aromatic nitrogens is 2. The number of halogens is 1. The number of carbonyl (C=O) groups excluding carboxylic acids is 6.